The fourth-order valence-corrected chi connectivity index (χ4v) is 3.38. The molecule has 1 unspecified atom stereocenters. The van der Waals surface area contributed by atoms with Crippen LogP contribution in [0, 0.1) is 13.8 Å². The van der Waals surface area contributed by atoms with Crippen molar-refractivity contribution in [3.05, 3.63) is 51.5 Å². The van der Waals surface area contributed by atoms with Crippen molar-refractivity contribution in [1.82, 2.24) is 0 Å². The van der Waals surface area contributed by atoms with Gasteiger partial charge in [-0.15, -0.1) is 0 Å². The Morgan fingerprint density at radius 2 is 2.05 bits per heavy atom. The van der Waals surface area contributed by atoms with Crippen LogP contribution in [-0.2, 0) is 0 Å². The molecule has 1 atom stereocenters. The topological polar surface area (TPSA) is 41.5 Å². The summed E-state index contributed by atoms with van der Waals surface area (Å²) in [5, 5.41) is 13.0. The molecule has 0 saturated heterocycles. The number of fused-ring (bicyclic) bond motifs is 1. The maximum atomic E-state index is 9.48. The maximum Gasteiger partial charge on any atom is 0.128 e. The number of hydrogen-bond donors (Lipinski definition) is 2. The van der Waals surface area contributed by atoms with Gasteiger partial charge in [-0.3, -0.25) is 0 Å². The summed E-state index contributed by atoms with van der Waals surface area (Å²) in [5.41, 5.74) is 4.59. The first-order chi connectivity index (χ1) is 9.54. The molecule has 3 rings (SSSR count). The molecule has 4 heteroatoms. The van der Waals surface area contributed by atoms with Gasteiger partial charge in [0.2, 0.25) is 0 Å². The minimum atomic E-state index is 0.100. The Balaban J connectivity index is 1.91. The third kappa shape index (κ3) is 2.36. The second kappa shape index (κ2) is 5.02. The van der Waals surface area contributed by atoms with Gasteiger partial charge in [0, 0.05) is 16.1 Å². The third-order valence-corrected chi connectivity index (χ3v) is 4.15. The summed E-state index contributed by atoms with van der Waals surface area (Å²) in [6.07, 6.45) is 0. The van der Waals surface area contributed by atoms with E-state index in [-0.39, 0.29) is 11.8 Å². The van der Waals surface area contributed by atoms with Gasteiger partial charge in [0.05, 0.1) is 11.7 Å². The first-order valence-electron chi connectivity index (χ1n) is 6.53. The molecular formula is C16H16BrNO2. The lowest BCUT2D eigenvalue weighted by atomic mass is 10.1. The zero-order chi connectivity index (χ0) is 14.3. The number of phenols is 1. The number of aryl methyl sites for hydroxylation is 2. The molecule has 1 aliphatic rings. The molecule has 0 spiro atoms. The first-order valence-corrected chi connectivity index (χ1v) is 7.33. The Morgan fingerprint density at radius 1 is 1.25 bits per heavy atom. The zero-order valence-corrected chi connectivity index (χ0v) is 13.0. The second-order valence-corrected chi connectivity index (χ2v) is 6.02. The van der Waals surface area contributed by atoms with E-state index in [1.54, 1.807) is 12.1 Å². The molecule has 0 saturated carbocycles. The highest BCUT2D eigenvalue weighted by Gasteiger charge is 2.25. The van der Waals surface area contributed by atoms with E-state index in [0.29, 0.717) is 6.61 Å². The monoisotopic (exact) mass is 333 g/mol. The van der Waals surface area contributed by atoms with Crippen molar-refractivity contribution in [3.63, 3.8) is 0 Å². The highest BCUT2D eigenvalue weighted by atomic mass is 79.9. The van der Waals surface area contributed by atoms with Crippen molar-refractivity contribution in [2.75, 3.05) is 11.9 Å². The SMILES string of the molecule is Cc1cc(C)c(NC2COc3cc(O)ccc32)c(Br)c1. The Hall–Kier alpha value is -1.68. The summed E-state index contributed by atoms with van der Waals surface area (Å²) in [6.45, 7) is 4.74. The minimum absolute atomic E-state index is 0.100. The molecule has 0 radical (unpaired) electrons. The van der Waals surface area contributed by atoms with E-state index in [9.17, 15) is 5.11 Å². The van der Waals surface area contributed by atoms with Crippen molar-refractivity contribution in [2.24, 2.45) is 0 Å². The third-order valence-electron chi connectivity index (χ3n) is 3.53. The van der Waals surface area contributed by atoms with Crippen LogP contribution in [0.5, 0.6) is 11.5 Å². The van der Waals surface area contributed by atoms with E-state index in [1.807, 2.05) is 6.07 Å². The van der Waals surface area contributed by atoms with Crippen molar-refractivity contribution in [1.29, 1.82) is 0 Å². The van der Waals surface area contributed by atoms with Crippen LogP contribution in [0.1, 0.15) is 22.7 Å². The average molecular weight is 334 g/mol. The molecule has 1 heterocycles. The van der Waals surface area contributed by atoms with Crippen LogP contribution in [0.4, 0.5) is 5.69 Å². The number of ether oxygens (including phenoxy) is 1. The Labute approximate surface area is 126 Å². The zero-order valence-electron chi connectivity index (χ0n) is 11.4. The van der Waals surface area contributed by atoms with Gasteiger partial charge in [0.1, 0.15) is 18.1 Å². The second-order valence-electron chi connectivity index (χ2n) is 5.17. The van der Waals surface area contributed by atoms with Gasteiger partial charge in [-0.2, -0.15) is 0 Å². The quantitative estimate of drug-likeness (QED) is 0.860. The van der Waals surface area contributed by atoms with E-state index >= 15 is 0 Å². The molecule has 2 aromatic carbocycles. The fourth-order valence-electron chi connectivity index (χ4n) is 2.59. The van der Waals surface area contributed by atoms with Crippen LogP contribution < -0.4 is 10.1 Å². The number of nitrogens with one attached hydrogen (secondary N) is 1. The standard InChI is InChI=1S/C16H16BrNO2/c1-9-5-10(2)16(13(17)6-9)18-14-8-20-15-7-11(19)3-4-12(14)15/h3-7,14,18-19H,8H2,1-2H3. The highest BCUT2D eigenvalue weighted by Crippen LogP contribution is 2.38. The Morgan fingerprint density at radius 3 is 2.80 bits per heavy atom. The molecule has 1 aliphatic heterocycles. The van der Waals surface area contributed by atoms with Crippen LogP contribution in [0.3, 0.4) is 0 Å². The molecule has 20 heavy (non-hydrogen) atoms. The Kier molecular flexibility index (Phi) is 3.34. The highest BCUT2D eigenvalue weighted by molar-refractivity contribution is 9.10. The van der Waals surface area contributed by atoms with Gasteiger partial charge in [0.25, 0.3) is 0 Å². The van der Waals surface area contributed by atoms with Crippen LogP contribution >= 0.6 is 15.9 Å². The summed E-state index contributed by atoms with van der Waals surface area (Å²) in [6, 6.07) is 9.62. The van der Waals surface area contributed by atoms with Gasteiger partial charge in [0.15, 0.2) is 0 Å². The number of anilines is 1. The summed E-state index contributed by atoms with van der Waals surface area (Å²) >= 11 is 3.61. The van der Waals surface area contributed by atoms with Crippen LogP contribution in [0.2, 0.25) is 0 Å². The molecule has 0 bridgehead atoms. The predicted molar refractivity (Wildman–Crippen MR) is 83.6 cm³/mol. The summed E-state index contributed by atoms with van der Waals surface area (Å²) in [4.78, 5) is 0. The maximum absolute atomic E-state index is 9.48. The van der Waals surface area contributed by atoms with E-state index in [0.717, 1.165) is 21.5 Å². The molecule has 2 N–H and O–H groups in total. The van der Waals surface area contributed by atoms with E-state index in [4.69, 9.17) is 4.74 Å². The van der Waals surface area contributed by atoms with Crippen molar-refractivity contribution < 1.29 is 9.84 Å². The summed E-state index contributed by atoms with van der Waals surface area (Å²) < 4.78 is 6.69. The largest absolute Gasteiger partial charge is 0.508 e. The molecule has 104 valence electrons. The number of phenolic OH excluding ortho intramolecular Hbond substituents is 1. The van der Waals surface area contributed by atoms with Crippen molar-refractivity contribution >= 4 is 21.6 Å². The van der Waals surface area contributed by atoms with Crippen LogP contribution in [0.15, 0.2) is 34.8 Å². The van der Waals surface area contributed by atoms with Gasteiger partial charge in [-0.25, -0.2) is 0 Å². The number of hydrogen-bond acceptors (Lipinski definition) is 3. The van der Waals surface area contributed by atoms with Crippen molar-refractivity contribution in [3.8, 4) is 11.5 Å². The van der Waals surface area contributed by atoms with Gasteiger partial charge in [-0.05, 0) is 59.1 Å². The Bertz CT molecular complexity index is 647. The van der Waals surface area contributed by atoms with E-state index < -0.39 is 0 Å². The normalized spacial score (nSPS) is 16.6. The van der Waals surface area contributed by atoms with Gasteiger partial charge in [-0.1, -0.05) is 6.07 Å². The molecule has 0 fully saturated rings. The molecule has 0 aliphatic carbocycles. The smallest absolute Gasteiger partial charge is 0.128 e. The molecule has 0 amide bonds. The fraction of sp³-hybridized carbons (Fsp3) is 0.250. The molecule has 3 nitrogen and oxygen atoms in total. The number of aromatic hydroxyl groups is 1. The van der Waals surface area contributed by atoms with Gasteiger partial charge >= 0.3 is 0 Å². The van der Waals surface area contributed by atoms with E-state index in [2.05, 4.69) is 47.2 Å². The molecule has 2 aromatic rings. The summed E-state index contributed by atoms with van der Waals surface area (Å²) in [5.74, 6) is 0.987. The predicted octanol–water partition coefficient (Wildman–Crippen LogP) is 4.32. The number of benzene rings is 2. The number of rotatable bonds is 2. The average Bonchev–Trinajstić information content (AvgIpc) is 2.76. The van der Waals surface area contributed by atoms with Crippen LogP contribution in [0.25, 0.3) is 0 Å². The van der Waals surface area contributed by atoms with Crippen molar-refractivity contribution in [2.45, 2.75) is 19.9 Å². The summed E-state index contributed by atoms with van der Waals surface area (Å²) in [7, 11) is 0. The molecular weight excluding hydrogens is 318 g/mol. The van der Waals surface area contributed by atoms with Crippen LogP contribution in [-0.4, -0.2) is 11.7 Å². The minimum Gasteiger partial charge on any atom is -0.508 e. The van der Waals surface area contributed by atoms with Gasteiger partial charge < -0.3 is 15.2 Å². The number of halogens is 1. The lowest BCUT2D eigenvalue weighted by Gasteiger charge is -2.17. The lowest BCUT2D eigenvalue weighted by molar-refractivity contribution is 0.338. The lowest BCUT2D eigenvalue weighted by Crippen LogP contribution is -2.13. The van der Waals surface area contributed by atoms with E-state index in [1.165, 1.54) is 11.1 Å². The molecule has 0 aromatic heterocycles. The first kappa shape index (κ1) is 13.3.